The van der Waals surface area contributed by atoms with E-state index in [0.29, 0.717) is 24.6 Å². The number of hydrogen-bond acceptors (Lipinski definition) is 7. The Morgan fingerprint density at radius 2 is 1.52 bits per heavy atom. The topological polar surface area (TPSA) is 68.7 Å². The van der Waals surface area contributed by atoms with E-state index in [9.17, 15) is 4.79 Å². The van der Waals surface area contributed by atoms with Crippen molar-refractivity contribution < 1.29 is 4.79 Å². The number of aromatic nitrogens is 3. The van der Waals surface area contributed by atoms with E-state index in [2.05, 4.69) is 36.7 Å². The lowest BCUT2D eigenvalue weighted by Crippen LogP contribution is -2.49. The van der Waals surface area contributed by atoms with Gasteiger partial charge in [-0.1, -0.05) is 6.07 Å². The molecule has 2 aromatic heterocycles. The third-order valence-corrected chi connectivity index (χ3v) is 5.21. The van der Waals surface area contributed by atoms with Crippen LogP contribution in [0.2, 0.25) is 0 Å². The van der Waals surface area contributed by atoms with Crippen LogP contribution in [0.3, 0.4) is 0 Å². The fourth-order valence-electron chi connectivity index (χ4n) is 3.46. The second-order valence-electron chi connectivity index (χ2n) is 7.03. The highest BCUT2D eigenvalue weighted by Crippen LogP contribution is 2.15. The monoisotopic (exact) mass is 367 g/mol. The summed E-state index contributed by atoms with van der Waals surface area (Å²) >= 11 is 0. The molecule has 0 bridgehead atoms. The molecule has 0 spiro atoms. The van der Waals surface area contributed by atoms with Crippen molar-refractivity contribution in [2.75, 3.05) is 69.2 Å². The van der Waals surface area contributed by atoms with Crippen molar-refractivity contribution >= 4 is 17.7 Å². The maximum absolute atomic E-state index is 12.8. The Labute approximate surface area is 159 Å². The van der Waals surface area contributed by atoms with Crippen molar-refractivity contribution in [3.63, 3.8) is 0 Å². The number of carbonyl (C=O) groups excluding carboxylic acids is 1. The molecular weight excluding hydrogens is 342 g/mol. The molecule has 0 atom stereocenters. The number of likely N-dealkylation sites (N-methyl/N-ethyl adjacent to an activating group) is 1. The first-order valence-electron chi connectivity index (χ1n) is 9.41. The maximum Gasteiger partial charge on any atom is 0.257 e. The first-order valence-corrected chi connectivity index (χ1v) is 9.41. The van der Waals surface area contributed by atoms with Crippen LogP contribution in [-0.2, 0) is 0 Å². The van der Waals surface area contributed by atoms with Gasteiger partial charge in [0.15, 0.2) is 0 Å². The third kappa shape index (κ3) is 4.00. The Bertz CT molecular complexity index is 751. The standard InChI is InChI=1S/C19H25N7O/c1-23-6-8-26(9-7-23)19-21-14-16(15-22-19)18(27)25-12-10-24(11-13-25)17-4-2-3-5-20-17/h2-5,14-15H,6-13H2,1H3. The summed E-state index contributed by atoms with van der Waals surface area (Å²) in [5, 5.41) is 0. The molecule has 0 aliphatic carbocycles. The van der Waals surface area contributed by atoms with Gasteiger partial charge in [-0.2, -0.15) is 0 Å². The molecule has 0 aromatic carbocycles. The minimum atomic E-state index is 0.000554. The number of carbonyl (C=O) groups is 1. The minimum absolute atomic E-state index is 0.000554. The molecule has 0 radical (unpaired) electrons. The Kier molecular flexibility index (Phi) is 5.15. The average molecular weight is 367 g/mol. The van der Waals surface area contributed by atoms with E-state index in [1.807, 2.05) is 23.1 Å². The van der Waals surface area contributed by atoms with Crippen LogP contribution in [0.4, 0.5) is 11.8 Å². The highest BCUT2D eigenvalue weighted by Gasteiger charge is 2.24. The summed E-state index contributed by atoms with van der Waals surface area (Å²) < 4.78 is 0. The van der Waals surface area contributed by atoms with Crippen LogP contribution in [-0.4, -0.2) is 90.1 Å². The molecule has 4 heterocycles. The molecule has 8 nitrogen and oxygen atoms in total. The molecule has 2 aromatic rings. The van der Waals surface area contributed by atoms with Crippen LogP contribution >= 0.6 is 0 Å². The fourth-order valence-corrected chi connectivity index (χ4v) is 3.46. The van der Waals surface area contributed by atoms with Gasteiger partial charge in [0.2, 0.25) is 5.95 Å². The van der Waals surface area contributed by atoms with Gasteiger partial charge in [-0.05, 0) is 19.2 Å². The lowest BCUT2D eigenvalue weighted by atomic mass is 10.2. The van der Waals surface area contributed by atoms with E-state index < -0.39 is 0 Å². The van der Waals surface area contributed by atoms with Crippen molar-refractivity contribution in [2.45, 2.75) is 0 Å². The molecule has 2 aliphatic rings. The number of anilines is 2. The van der Waals surface area contributed by atoms with Crippen LogP contribution in [0.25, 0.3) is 0 Å². The fraction of sp³-hybridized carbons (Fsp3) is 0.474. The van der Waals surface area contributed by atoms with E-state index >= 15 is 0 Å². The first-order chi connectivity index (χ1) is 13.2. The van der Waals surface area contributed by atoms with E-state index in [0.717, 1.165) is 45.1 Å². The van der Waals surface area contributed by atoms with Gasteiger partial charge in [0.05, 0.1) is 5.56 Å². The van der Waals surface area contributed by atoms with Crippen molar-refractivity contribution in [2.24, 2.45) is 0 Å². The largest absolute Gasteiger partial charge is 0.353 e. The highest BCUT2D eigenvalue weighted by molar-refractivity contribution is 5.93. The van der Waals surface area contributed by atoms with E-state index in [4.69, 9.17) is 0 Å². The van der Waals surface area contributed by atoms with E-state index in [1.165, 1.54) is 0 Å². The zero-order valence-electron chi connectivity index (χ0n) is 15.7. The highest BCUT2D eigenvalue weighted by atomic mass is 16.2. The Morgan fingerprint density at radius 1 is 0.852 bits per heavy atom. The lowest BCUT2D eigenvalue weighted by molar-refractivity contribution is 0.0745. The summed E-state index contributed by atoms with van der Waals surface area (Å²) in [6.07, 6.45) is 5.12. The van der Waals surface area contributed by atoms with Gasteiger partial charge in [0, 0.05) is 70.9 Å². The van der Waals surface area contributed by atoms with Gasteiger partial charge in [-0.3, -0.25) is 4.79 Å². The number of piperazine rings is 2. The SMILES string of the molecule is CN1CCN(c2ncc(C(=O)N3CCN(c4ccccn4)CC3)cn2)CC1. The minimum Gasteiger partial charge on any atom is -0.353 e. The van der Waals surface area contributed by atoms with Crippen molar-refractivity contribution in [3.8, 4) is 0 Å². The van der Waals surface area contributed by atoms with Crippen LogP contribution in [0, 0.1) is 0 Å². The summed E-state index contributed by atoms with van der Waals surface area (Å²) in [7, 11) is 2.12. The molecule has 1 amide bonds. The number of pyridine rings is 1. The first kappa shape index (κ1) is 17.7. The van der Waals surface area contributed by atoms with Gasteiger partial charge < -0.3 is 19.6 Å². The Hall–Kier alpha value is -2.74. The van der Waals surface area contributed by atoms with Crippen LogP contribution in [0.1, 0.15) is 10.4 Å². The molecular formula is C19H25N7O. The molecule has 2 saturated heterocycles. The van der Waals surface area contributed by atoms with Gasteiger partial charge in [0.25, 0.3) is 5.91 Å². The molecule has 8 heteroatoms. The molecule has 0 saturated carbocycles. The Balaban J connectivity index is 1.35. The second kappa shape index (κ2) is 7.87. The van der Waals surface area contributed by atoms with Crippen molar-refractivity contribution in [3.05, 3.63) is 42.4 Å². The van der Waals surface area contributed by atoms with Crippen molar-refractivity contribution in [1.82, 2.24) is 24.8 Å². The van der Waals surface area contributed by atoms with E-state index in [-0.39, 0.29) is 5.91 Å². The summed E-state index contributed by atoms with van der Waals surface area (Å²) in [6.45, 7) is 6.75. The number of hydrogen-bond donors (Lipinski definition) is 0. The molecule has 2 aliphatic heterocycles. The predicted octanol–water partition coefficient (Wildman–Crippen LogP) is 0.586. The second-order valence-corrected chi connectivity index (χ2v) is 7.03. The number of amides is 1. The van der Waals surface area contributed by atoms with Gasteiger partial charge in [-0.25, -0.2) is 15.0 Å². The molecule has 142 valence electrons. The molecule has 4 rings (SSSR count). The van der Waals surface area contributed by atoms with E-state index in [1.54, 1.807) is 18.6 Å². The quantitative estimate of drug-likeness (QED) is 0.786. The molecule has 27 heavy (non-hydrogen) atoms. The summed E-state index contributed by atoms with van der Waals surface area (Å²) in [6, 6.07) is 5.90. The lowest BCUT2D eigenvalue weighted by Gasteiger charge is -2.35. The van der Waals surface area contributed by atoms with Crippen LogP contribution < -0.4 is 9.80 Å². The van der Waals surface area contributed by atoms with Gasteiger partial charge in [0.1, 0.15) is 5.82 Å². The van der Waals surface area contributed by atoms with Gasteiger partial charge in [-0.15, -0.1) is 0 Å². The third-order valence-electron chi connectivity index (χ3n) is 5.21. The summed E-state index contributed by atoms with van der Waals surface area (Å²) in [4.78, 5) is 34.5. The average Bonchev–Trinajstić information content (AvgIpc) is 2.75. The normalized spacial score (nSPS) is 18.6. The summed E-state index contributed by atoms with van der Waals surface area (Å²) in [5.74, 6) is 1.67. The Morgan fingerprint density at radius 3 is 2.15 bits per heavy atom. The zero-order valence-corrected chi connectivity index (χ0v) is 15.7. The molecule has 0 N–H and O–H groups in total. The van der Waals surface area contributed by atoms with Crippen LogP contribution in [0.5, 0.6) is 0 Å². The molecule has 0 unspecified atom stereocenters. The van der Waals surface area contributed by atoms with Crippen LogP contribution in [0.15, 0.2) is 36.8 Å². The number of nitrogens with zero attached hydrogens (tertiary/aromatic N) is 7. The number of rotatable bonds is 3. The van der Waals surface area contributed by atoms with Crippen molar-refractivity contribution in [1.29, 1.82) is 0 Å². The predicted molar refractivity (Wildman–Crippen MR) is 104 cm³/mol. The smallest absolute Gasteiger partial charge is 0.257 e. The van der Waals surface area contributed by atoms with Gasteiger partial charge >= 0.3 is 0 Å². The molecule has 2 fully saturated rings. The zero-order chi connectivity index (χ0) is 18.6. The maximum atomic E-state index is 12.8. The summed E-state index contributed by atoms with van der Waals surface area (Å²) in [5.41, 5.74) is 0.555.